The van der Waals surface area contributed by atoms with Crippen molar-refractivity contribution in [2.45, 2.75) is 20.8 Å². The Morgan fingerprint density at radius 2 is 2.18 bits per heavy atom. The topological polar surface area (TPSA) is 15.6 Å². The molecule has 0 spiro atoms. The van der Waals surface area contributed by atoms with Gasteiger partial charge in [0.1, 0.15) is 0 Å². The van der Waals surface area contributed by atoms with Gasteiger partial charge >= 0.3 is 0 Å². The van der Waals surface area contributed by atoms with E-state index in [0.29, 0.717) is 5.92 Å². The highest BCUT2D eigenvalue weighted by Crippen LogP contribution is 1.94. The Kier molecular flexibility index (Phi) is 4.59. The van der Waals surface area contributed by atoms with Crippen LogP contribution in [0.15, 0.2) is 17.3 Å². The minimum Gasteiger partial charge on any atom is -0.365 e. The third kappa shape index (κ3) is 7.10. The average Bonchev–Trinajstić information content (AvgIpc) is 1.82. The minimum atomic E-state index is 0.677. The molecule has 0 aromatic carbocycles. The lowest BCUT2D eigenvalue weighted by Crippen LogP contribution is -2.21. The van der Waals surface area contributed by atoms with Crippen molar-refractivity contribution in [3.05, 3.63) is 12.3 Å². The van der Waals surface area contributed by atoms with E-state index in [1.807, 2.05) is 20.3 Å². The molecule has 2 heteroatoms. The normalized spacial score (nSPS) is 11.0. The molecule has 0 amide bonds. The molecular formula is C9H18N2. The van der Waals surface area contributed by atoms with Crippen molar-refractivity contribution in [1.29, 1.82) is 0 Å². The third-order valence-corrected chi connectivity index (χ3v) is 1.13. The fraction of sp³-hybridized carbons (Fsp3) is 0.667. The van der Waals surface area contributed by atoms with Crippen LogP contribution in [0.4, 0.5) is 0 Å². The Bertz CT molecular complexity index is 148. The van der Waals surface area contributed by atoms with E-state index in [4.69, 9.17) is 0 Å². The van der Waals surface area contributed by atoms with E-state index in [0.717, 1.165) is 12.2 Å². The first-order chi connectivity index (χ1) is 5.02. The molecule has 0 unspecified atom stereocenters. The Balaban J connectivity index is 3.68. The highest BCUT2D eigenvalue weighted by molar-refractivity contribution is 5.55. The standard InChI is InChI=1S/C9H18N2/c1-8(2)6-11(5)7-10-9(3)4/h7-8H,3,6H2,1-2,4-5H3. The summed E-state index contributed by atoms with van der Waals surface area (Å²) in [4.78, 5) is 6.15. The van der Waals surface area contributed by atoms with Crippen LogP contribution in [0, 0.1) is 5.92 Å². The maximum absolute atomic E-state index is 4.08. The zero-order valence-corrected chi connectivity index (χ0v) is 7.96. The number of hydrogen-bond donors (Lipinski definition) is 0. The van der Waals surface area contributed by atoms with E-state index >= 15 is 0 Å². The number of hydrogen-bond acceptors (Lipinski definition) is 1. The van der Waals surface area contributed by atoms with Gasteiger partial charge in [0.05, 0.1) is 6.34 Å². The summed E-state index contributed by atoms with van der Waals surface area (Å²) in [7, 11) is 2.02. The number of aliphatic imine (C=N–C) groups is 1. The monoisotopic (exact) mass is 154 g/mol. The summed E-state index contributed by atoms with van der Waals surface area (Å²) in [5.41, 5.74) is 0.848. The Morgan fingerprint density at radius 1 is 1.64 bits per heavy atom. The van der Waals surface area contributed by atoms with Gasteiger partial charge in [0.2, 0.25) is 0 Å². The van der Waals surface area contributed by atoms with Gasteiger partial charge in [-0.2, -0.15) is 0 Å². The molecule has 0 rings (SSSR count). The van der Waals surface area contributed by atoms with Crippen LogP contribution in [0.2, 0.25) is 0 Å². The van der Waals surface area contributed by atoms with Crippen LogP contribution in [0.1, 0.15) is 20.8 Å². The summed E-state index contributed by atoms with van der Waals surface area (Å²) in [5.74, 6) is 0.677. The van der Waals surface area contributed by atoms with Gasteiger partial charge in [-0.05, 0) is 12.8 Å². The van der Waals surface area contributed by atoms with Crippen LogP contribution in [-0.2, 0) is 0 Å². The van der Waals surface area contributed by atoms with Crippen molar-refractivity contribution < 1.29 is 0 Å². The molecule has 0 N–H and O–H groups in total. The van der Waals surface area contributed by atoms with Gasteiger partial charge in [-0.1, -0.05) is 20.4 Å². The molecule has 0 aromatic rings. The first-order valence-corrected chi connectivity index (χ1v) is 3.92. The summed E-state index contributed by atoms with van der Waals surface area (Å²) in [6.45, 7) is 11.0. The van der Waals surface area contributed by atoms with Gasteiger partial charge in [0.25, 0.3) is 0 Å². The molecule has 0 aromatic heterocycles. The van der Waals surface area contributed by atoms with Gasteiger partial charge in [-0.3, -0.25) is 0 Å². The van der Waals surface area contributed by atoms with E-state index in [-0.39, 0.29) is 0 Å². The van der Waals surface area contributed by atoms with Crippen LogP contribution in [0.25, 0.3) is 0 Å². The molecular weight excluding hydrogens is 136 g/mol. The van der Waals surface area contributed by atoms with Crippen molar-refractivity contribution in [2.75, 3.05) is 13.6 Å². The molecule has 0 atom stereocenters. The van der Waals surface area contributed by atoms with Crippen LogP contribution >= 0.6 is 0 Å². The Labute approximate surface area is 69.6 Å². The highest BCUT2D eigenvalue weighted by atomic mass is 15.1. The molecule has 0 aliphatic rings. The Morgan fingerprint density at radius 3 is 2.55 bits per heavy atom. The van der Waals surface area contributed by atoms with E-state index in [2.05, 4.69) is 30.3 Å². The van der Waals surface area contributed by atoms with Crippen LogP contribution in [-0.4, -0.2) is 24.8 Å². The molecule has 0 saturated carbocycles. The second-order valence-electron chi connectivity index (χ2n) is 3.31. The molecule has 0 radical (unpaired) electrons. The van der Waals surface area contributed by atoms with Crippen LogP contribution < -0.4 is 0 Å². The summed E-state index contributed by atoms with van der Waals surface area (Å²) in [6.07, 6.45) is 1.82. The van der Waals surface area contributed by atoms with Gasteiger partial charge in [0.15, 0.2) is 0 Å². The lowest BCUT2D eigenvalue weighted by Gasteiger charge is -2.14. The van der Waals surface area contributed by atoms with Crippen molar-refractivity contribution >= 4 is 6.34 Å². The Hall–Kier alpha value is -0.790. The second kappa shape index (κ2) is 4.94. The third-order valence-electron chi connectivity index (χ3n) is 1.13. The maximum Gasteiger partial charge on any atom is 0.0905 e. The van der Waals surface area contributed by atoms with E-state index < -0.39 is 0 Å². The van der Waals surface area contributed by atoms with E-state index in [9.17, 15) is 0 Å². The number of rotatable bonds is 4. The molecule has 0 aliphatic carbocycles. The first-order valence-electron chi connectivity index (χ1n) is 3.92. The molecule has 2 nitrogen and oxygen atoms in total. The number of nitrogens with zero attached hydrogens (tertiary/aromatic N) is 2. The second-order valence-corrected chi connectivity index (χ2v) is 3.31. The van der Waals surface area contributed by atoms with Gasteiger partial charge < -0.3 is 4.90 Å². The minimum absolute atomic E-state index is 0.677. The summed E-state index contributed by atoms with van der Waals surface area (Å²) in [6, 6.07) is 0. The van der Waals surface area contributed by atoms with Gasteiger partial charge in [0, 0.05) is 19.3 Å². The molecule has 0 fully saturated rings. The molecule has 0 bridgehead atoms. The summed E-state index contributed by atoms with van der Waals surface area (Å²) < 4.78 is 0. The summed E-state index contributed by atoms with van der Waals surface area (Å²) in [5, 5.41) is 0. The van der Waals surface area contributed by atoms with E-state index in [1.165, 1.54) is 0 Å². The average molecular weight is 154 g/mol. The van der Waals surface area contributed by atoms with Crippen molar-refractivity contribution in [1.82, 2.24) is 4.90 Å². The summed E-state index contributed by atoms with van der Waals surface area (Å²) >= 11 is 0. The number of allylic oxidation sites excluding steroid dienone is 1. The largest absolute Gasteiger partial charge is 0.365 e. The van der Waals surface area contributed by atoms with Crippen LogP contribution in [0.3, 0.4) is 0 Å². The zero-order valence-electron chi connectivity index (χ0n) is 7.96. The fourth-order valence-electron chi connectivity index (χ4n) is 0.820. The predicted octanol–water partition coefficient (Wildman–Crippen LogP) is 2.14. The quantitative estimate of drug-likeness (QED) is 0.447. The van der Waals surface area contributed by atoms with Gasteiger partial charge in [-0.25, -0.2) is 4.99 Å². The molecule has 11 heavy (non-hydrogen) atoms. The smallest absolute Gasteiger partial charge is 0.0905 e. The lowest BCUT2D eigenvalue weighted by molar-refractivity contribution is 0.434. The molecule has 0 heterocycles. The lowest BCUT2D eigenvalue weighted by atomic mass is 10.2. The maximum atomic E-state index is 4.08. The molecule has 64 valence electrons. The highest BCUT2D eigenvalue weighted by Gasteiger charge is 1.95. The van der Waals surface area contributed by atoms with Crippen molar-refractivity contribution in [2.24, 2.45) is 10.9 Å². The van der Waals surface area contributed by atoms with E-state index in [1.54, 1.807) is 0 Å². The molecule has 0 aliphatic heterocycles. The van der Waals surface area contributed by atoms with Crippen molar-refractivity contribution in [3.8, 4) is 0 Å². The van der Waals surface area contributed by atoms with Gasteiger partial charge in [-0.15, -0.1) is 0 Å². The first kappa shape index (κ1) is 10.2. The fourth-order valence-corrected chi connectivity index (χ4v) is 0.820. The zero-order chi connectivity index (χ0) is 8.85. The molecule has 0 saturated heterocycles. The predicted molar refractivity (Wildman–Crippen MR) is 50.8 cm³/mol. The van der Waals surface area contributed by atoms with Crippen LogP contribution in [0.5, 0.6) is 0 Å². The SMILES string of the molecule is C=C(C)N=CN(C)CC(C)C. The van der Waals surface area contributed by atoms with Crippen molar-refractivity contribution in [3.63, 3.8) is 0 Å².